The molecule has 0 spiro atoms. The van der Waals surface area contributed by atoms with Crippen LogP contribution in [0.2, 0.25) is 0 Å². The molecule has 0 N–H and O–H groups in total. The second-order valence-electron chi connectivity index (χ2n) is 8.22. The summed E-state index contributed by atoms with van der Waals surface area (Å²) in [4.78, 5) is 20.2. The highest BCUT2D eigenvalue weighted by Crippen LogP contribution is 2.26. The first-order valence-corrected chi connectivity index (χ1v) is 10.6. The number of hydrogen-bond donors (Lipinski definition) is 0. The third-order valence-electron chi connectivity index (χ3n) is 6.08. The molecule has 4 heteroatoms. The number of carbonyl (C=O) groups excluding carboxylic acids is 1. The number of carbonyl (C=O) groups is 1. The summed E-state index contributed by atoms with van der Waals surface area (Å²) in [6, 6.07) is 18.8. The van der Waals surface area contributed by atoms with E-state index in [-0.39, 0.29) is 11.9 Å². The zero-order valence-corrected chi connectivity index (χ0v) is 16.9. The maximum atomic E-state index is 13.3. The molecule has 148 valence electrons. The van der Waals surface area contributed by atoms with Crippen LogP contribution in [0, 0.1) is 0 Å². The summed E-state index contributed by atoms with van der Waals surface area (Å²) in [5.74, 6) is 0.145. The average molecular weight is 378 g/mol. The van der Waals surface area contributed by atoms with E-state index in [4.69, 9.17) is 0 Å². The molecular formula is C24H31N3O. The van der Waals surface area contributed by atoms with Gasteiger partial charge < -0.3 is 9.80 Å². The van der Waals surface area contributed by atoms with Crippen LogP contribution in [0.25, 0.3) is 0 Å². The van der Waals surface area contributed by atoms with E-state index < -0.39 is 0 Å². The van der Waals surface area contributed by atoms with E-state index in [0.29, 0.717) is 0 Å². The summed E-state index contributed by atoms with van der Waals surface area (Å²) >= 11 is 0. The third kappa shape index (κ3) is 4.45. The SMILES string of the molecule is CN1CCN(C(=O)c2ccc(CN3CCCCC3)cc2)[C@@H](c2ccccc2)C1. The number of rotatable bonds is 4. The van der Waals surface area contributed by atoms with Gasteiger partial charge in [-0.15, -0.1) is 0 Å². The Kier molecular flexibility index (Phi) is 6.08. The lowest BCUT2D eigenvalue weighted by molar-refractivity contribution is 0.0498. The van der Waals surface area contributed by atoms with Crippen molar-refractivity contribution in [2.45, 2.75) is 31.8 Å². The Bertz CT molecular complexity index is 768. The molecule has 0 bridgehead atoms. The second kappa shape index (κ2) is 8.89. The van der Waals surface area contributed by atoms with E-state index in [0.717, 1.165) is 31.7 Å². The van der Waals surface area contributed by atoms with Gasteiger partial charge in [-0.25, -0.2) is 0 Å². The standard InChI is InChI=1S/C24H31N3O/c1-25-16-17-27(23(19-25)21-8-4-2-5-9-21)24(28)22-12-10-20(11-13-22)18-26-14-6-3-7-15-26/h2,4-5,8-13,23H,3,6-7,14-19H2,1H3/t23-/m1/s1. The predicted octanol–water partition coefficient (Wildman–Crippen LogP) is 3.80. The third-order valence-corrected chi connectivity index (χ3v) is 6.08. The van der Waals surface area contributed by atoms with E-state index in [1.54, 1.807) is 0 Å². The topological polar surface area (TPSA) is 26.8 Å². The number of nitrogens with zero attached hydrogens (tertiary/aromatic N) is 3. The first-order valence-electron chi connectivity index (χ1n) is 10.6. The molecule has 4 rings (SSSR count). The minimum absolute atomic E-state index is 0.112. The molecular weight excluding hydrogens is 346 g/mol. The lowest BCUT2D eigenvalue weighted by Crippen LogP contribution is -2.49. The summed E-state index contributed by atoms with van der Waals surface area (Å²) in [6.07, 6.45) is 3.97. The van der Waals surface area contributed by atoms with Crippen molar-refractivity contribution in [3.63, 3.8) is 0 Å². The van der Waals surface area contributed by atoms with Gasteiger partial charge in [0.2, 0.25) is 0 Å². The quantitative estimate of drug-likeness (QED) is 0.811. The van der Waals surface area contributed by atoms with Crippen LogP contribution in [-0.2, 0) is 6.54 Å². The van der Waals surface area contributed by atoms with Gasteiger partial charge in [0.15, 0.2) is 0 Å². The Morgan fingerprint density at radius 3 is 2.32 bits per heavy atom. The van der Waals surface area contributed by atoms with Crippen molar-refractivity contribution in [3.05, 3.63) is 71.3 Å². The zero-order chi connectivity index (χ0) is 19.3. The van der Waals surface area contributed by atoms with Crippen LogP contribution >= 0.6 is 0 Å². The number of amides is 1. The van der Waals surface area contributed by atoms with Gasteiger partial charge in [-0.3, -0.25) is 9.69 Å². The van der Waals surface area contributed by atoms with Gasteiger partial charge in [-0.1, -0.05) is 48.9 Å². The van der Waals surface area contributed by atoms with E-state index in [9.17, 15) is 4.79 Å². The highest BCUT2D eigenvalue weighted by molar-refractivity contribution is 5.94. The average Bonchev–Trinajstić information content (AvgIpc) is 2.75. The van der Waals surface area contributed by atoms with Gasteiger partial charge in [0, 0.05) is 31.7 Å². The first kappa shape index (κ1) is 19.2. The summed E-state index contributed by atoms with van der Waals surface area (Å²) in [5, 5.41) is 0. The molecule has 1 amide bonds. The van der Waals surface area contributed by atoms with E-state index in [1.165, 1.54) is 43.5 Å². The fourth-order valence-electron chi connectivity index (χ4n) is 4.42. The number of hydrogen-bond acceptors (Lipinski definition) is 3. The number of piperazine rings is 1. The number of likely N-dealkylation sites (tertiary alicyclic amines) is 1. The summed E-state index contributed by atoms with van der Waals surface area (Å²) in [6.45, 7) is 5.95. The van der Waals surface area contributed by atoms with Gasteiger partial charge in [0.25, 0.3) is 5.91 Å². The number of benzene rings is 2. The molecule has 2 saturated heterocycles. The van der Waals surface area contributed by atoms with Crippen LogP contribution in [0.4, 0.5) is 0 Å². The van der Waals surface area contributed by atoms with Gasteiger partial charge in [0.1, 0.15) is 0 Å². The molecule has 28 heavy (non-hydrogen) atoms. The first-order chi connectivity index (χ1) is 13.7. The van der Waals surface area contributed by atoms with Crippen LogP contribution in [0.1, 0.15) is 46.8 Å². The Labute approximate surface area is 168 Å². The van der Waals surface area contributed by atoms with Crippen molar-refractivity contribution in [2.24, 2.45) is 0 Å². The van der Waals surface area contributed by atoms with Crippen LogP contribution in [-0.4, -0.2) is 60.4 Å². The van der Waals surface area contributed by atoms with E-state index in [1.807, 2.05) is 18.2 Å². The molecule has 0 aromatic heterocycles. The van der Waals surface area contributed by atoms with E-state index >= 15 is 0 Å². The van der Waals surface area contributed by atoms with Crippen LogP contribution in [0.5, 0.6) is 0 Å². The maximum Gasteiger partial charge on any atom is 0.254 e. The van der Waals surface area contributed by atoms with Gasteiger partial charge in [0.05, 0.1) is 6.04 Å². The van der Waals surface area contributed by atoms with Crippen molar-refractivity contribution in [2.75, 3.05) is 39.8 Å². The Hall–Kier alpha value is -2.17. The van der Waals surface area contributed by atoms with Crippen molar-refractivity contribution < 1.29 is 4.79 Å². The minimum Gasteiger partial charge on any atom is -0.329 e. The fraction of sp³-hybridized carbons (Fsp3) is 0.458. The van der Waals surface area contributed by atoms with Gasteiger partial charge in [-0.2, -0.15) is 0 Å². The molecule has 0 saturated carbocycles. The van der Waals surface area contributed by atoms with Crippen LogP contribution in [0.15, 0.2) is 54.6 Å². The summed E-state index contributed by atoms with van der Waals surface area (Å²) < 4.78 is 0. The summed E-state index contributed by atoms with van der Waals surface area (Å²) in [7, 11) is 2.13. The number of likely N-dealkylation sites (N-methyl/N-ethyl adjacent to an activating group) is 1. The van der Waals surface area contributed by atoms with Crippen LogP contribution in [0.3, 0.4) is 0 Å². The molecule has 0 radical (unpaired) electrons. The Morgan fingerprint density at radius 1 is 0.893 bits per heavy atom. The monoisotopic (exact) mass is 377 g/mol. The Balaban J connectivity index is 1.47. The van der Waals surface area contributed by atoms with E-state index in [2.05, 4.69) is 58.1 Å². The maximum absolute atomic E-state index is 13.3. The fourth-order valence-corrected chi connectivity index (χ4v) is 4.42. The van der Waals surface area contributed by atoms with Crippen molar-refractivity contribution in [1.82, 2.24) is 14.7 Å². The second-order valence-corrected chi connectivity index (χ2v) is 8.22. The van der Waals surface area contributed by atoms with Crippen LogP contribution < -0.4 is 0 Å². The van der Waals surface area contributed by atoms with Crippen molar-refractivity contribution in [3.8, 4) is 0 Å². The summed E-state index contributed by atoms with van der Waals surface area (Å²) in [5.41, 5.74) is 3.31. The van der Waals surface area contributed by atoms with Crippen molar-refractivity contribution in [1.29, 1.82) is 0 Å². The highest BCUT2D eigenvalue weighted by Gasteiger charge is 2.30. The normalized spacial score (nSPS) is 21.6. The molecule has 0 aliphatic carbocycles. The molecule has 2 fully saturated rings. The molecule has 2 heterocycles. The van der Waals surface area contributed by atoms with Gasteiger partial charge >= 0.3 is 0 Å². The number of piperidine rings is 1. The molecule has 2 aromatic rings. The smallest absolute Gasteiger partial charge is 0.254 e. The van der Waals surface area contributed by atoms with Crippen molar-refractivity contribution >= 4 is 5.91 Å². The Morgan fingerprint density at radius 2 is 1.61 bits per heavy atom. The minimum atomic E-state index is 0.112. The predicted molar refractivity (Wildman–Crippen MR) is 113 cm³/mol. The molecule has 1 atom stereocenters. The molecule has 2 aliphatic heterocycles. The lowest BCUT2D eigenvalue weighted by Gasteiger charge is -2.40. The highest BCUT2D eigenvalue weighted by atomic mass is 16.2. The van der Waals surface area contributed by atoms with Gasteiger partial charge in [-0.05, 0) is 56.2 Å². The molecule has 2 aromatic carbocycles. The molecule has 2 aliphatic rings. The molecule has 4 nitrogen and oxygen atoms in total. The zero-order valence-electron chi connectivity index (χ0n) is 16.9. The molecule has 0 unspecified atom stereocenters. The lowest BCUT2D eigenvalue weighted by atomic mass is 10.0. The largest absolute Gasteiger partial charge is 0.329 e.